The first-order valence-electron chi connectivity index (χ1n) is 8.43. The molecule has 3 fully saturated rings. The van der Waals surface area contributed by atoms with E-state index in [0.29, 0.717) is 11.8 Å². The summed E-state index contributed by atoms with van der Waals surface area (Å²) in [5.41, 5.74) is 0.829. The molecule has 0 aromatic heterocycles. The van der Waals surface area contributed by atoms with Crippen LogP contribution in [0.1, 0.15) is 12.0 Å². The summed E-state index contributed by atoms with van der Waals surface area (Å²) in [6.45, 7) is 0. The summed E-state index contributed by atoms with van der Waals surface area (Å²) >= 11 is 0. The van der Waals surface area contributed by atoms with Gasteiger partial charge in [-0.25, -0.2) is 0 Å². The van der Waals surface area contributed by atoms with Crippen LogP contribution >= 0.6 is 0 Å². The molecule has 1 aromatic carbocycles. The normalized spacial score (nSPS) is 38.6. The molecule has 2 amide bonds. The van der Waals surface area contributed by atoms with Crippen molar-refractivity contribution in [3.63, 3.8) is 0 Å². The number of hydrogen-bond acceptors (Lipinski definition) is 4. The lowest BCUT2D eigenvalue weighted by Crippen LogP contribution is -2.40. The van der Waals surface area contributed by atoms with Gasteiger partial charge in [0.05, 0.1) is 25.2 Å². The SMILES string of the molecule is COc1ccc(/C=N\N2C(=O)[C@@H]3[C@H]4C=C[C@H]([C@H]5C[C@H]45)[C@@H]3C2=O)cc1. The summed E-state index contributed by atoms with van der Waals surface area (Å²) < 4.78 is 5.12. The molecule has 0 unspecified atom stereocenters. The third-order valence-electron chi connectivity index (χ3n) is 6.08. The number of rotatable bonds is 3. The second-order valence-corrected chi connectivity index (χ2v) is 7.16. The Balaban J connectivity index is 1.41. The van der Waals surface area contributed by atoms with E-state index in [1.165, 1.54) is 6.42 Å². The molecule has 24 heavy (non-hydrogen) atoms. The Hall–Kier alpha value is -2.43. The zero-order valence-corrected chi connectivity index (χ0v) is 13.3. The maximum Gasteiger partial charge on any atom is 0.254 e. The molecule has 1 heterocycles. The minimum absolute atomic E-state index is 0.125. The van der Waals surface area contributed by atoms with E-state index in [1.807, 2.05) is 24.3 Å². The lowest BCUT2D eigenvalue weighted by Gasteiger charge is -2.37. The number of allylic oxidation sites excluding steroid dienone is 2. The average Bonchev–Trinajstić information content (AvgIpc) is 3.39. The number of nitrogens with zero attached hydrogens (tertiary/aromatic N) is 2. The van der Waals surface area contributed by atoms with Gasteiger partial charge < -0.3 is 4.74 Å². The van der Waals surface area contributed by atoms with Crippen LogP contribution in [0.15, 0.2) is 41.5 Å². The standard InChI is InChI=1S/C19H18N2O3/c1-24-11-4-2-10(3-5-11)9-20-21-18(22)16-12-6-7-13(15-8-14(12)15)17(16)19(21)23/h2-7,9,12-17H,8H2,1H3/b20-9-/t12-,13+,14-,15-,16+,17-/m1/s1. The lowest BCUT2D eigenvalue weighted by molar-refractivity contribution is -0.140. The number of methoxy groups -OCH3 is 1. The van der Waals surface area contributed by atoms with Crippen molar-refractivity contribution in [3.8, 4) is 5.75 Å². The first-order chi connectivity index (χ1) is 11.7. The summed E-state index contributed by atoms with van der Waals surface area (Å²) in [7, 11) is 1.61. The Bertz CT molecular complexity index is 746. The predicted octanol–water partition coefficient (Wildman–Crippen LogP) is 2.08. The molecule has 1 aromatic rings. The zero-order valence-electron chi connectivity index (χ0n) is 13.3. The molecule has 5 heteroatoms. The van der Waals surface area contributed by atoms with Crippen molar-refractivity contribution in [2.24, 2.45) is 40.6 Å². The van der Waals surface area contributed by atoms with Crippen molar-refractivity contribution in [2.75, 3.05) is 7.11 Å². The third kappa shape index (κ3) is 1.78. The van der Waals surface area contributed by atoms with Crippen molar-refractivity contribution in [2.45, 2.75) is 6.42 Å². The Labute approximate surface area is 140 Å². The highest BCUT2D eigenvalue weighted by Crippen LogP contribution is 2.65. The van der Waals surface area contributed by atoms with Gasteiger partial charge in [-0.05, 0) is 59.9 Å². The van der Waals surface area contributed by atoms with Crippen molar-refractivity contribution >= 4 is 18.0 Å². The number of benzene rings is 1. The predicted molar refractivity (Wildman–Crippen MR) is 87.1 cm³/mol. The fourth-order valence-electron chi connectivity index (χ4n) is 4.87. The molecule has 122 valence electrons. The summed E-state index contributed by atoms with van der Waals surface area (Å²) in [5, 5.41) is 5.32. The molecule has 5 nitrogen and oxygen atoms in total. The maximum atomic E-state index is 12.8. The summed E-state index contributed by atoms with van der Waals surface area (Å²) in [6.07, 6.45) is 7.08. The summed E-state index contributed by atoms with van der Waals surface area (Å²) in [6, 6.07) is 7.35. The molecule has 2 saturated carbocycles. The number of carbonyl (C=O) groups is 2. The molecule has 1 aliphatic heterocycles. The van der Waals surface area contributed by atoms with Crippen molar-refractivity contribution in [1.29, 1.82) is 0 Å². The molecule has 0 radical (unpaired) electrons. The fourth-order valence-corrected chi connectivity index (χ4v) is 4.87. The van der Waals surface area contributed by atoms with Gasteiger partial charge in [0.2, 0.25) is 0 Å². The number of imide groups is 1. The van der Waals surface area contributed by atoms with Gasteiger partial charge in [-0.2, -0.15) is 10.1 Å². The van der Waals surface area contributed by atoms with Crippen LogP contribution in [0.25, 0.3) is 0 Å². The summed E-state index contributed by atoms with van der Waals surface area (Å²) in [5.74, 6) is 1.83. The Kier molecular flexibility index (Phi) is 2.78. The van der Waals surface area contributed by atoms with Crippen LogP contribution in [-0.4, -0.2) is 30.1 Å². The van der Waals surface area contributed by atoms with Gasteiger partial charge in [0.25, 0.3) is 11.8 Å². The van der Waals surface area contributed by atoms with E-state index >= 15 is 0 Å². The number of ether oxygens (including phenoxy) is 1. The molecule has 0 N–H and O–H groups in total. The van der Waals surface area contributed by atoms with E-state index in [4.69, 9.17) is 4.74 Å². The molecule has 6 atom stereocenters. The van der Waals surface area contributed by atoms with E-state index in [9.17, 15) is 9.59 Å². The Morgan fingerprint density at radius 2 is 1.62 bits per heavy atom. The van der Waals surface area contributed by atoms with Crippen LogP contribution in [0.4, 0.5) is 0 Å². The first-order valence-corrected chi connectivity index (χ1v) is 8.43. The second kappa shape index (κ2) is 4.79. The Morgan fingerprint density at radius 1 is 1.04 bits per heavy atom. The number of hydrazone groups is 1. The van der Waals surface area contributed by atoms with E-state index < -0.39 is 0 Å². The van der Waals surface area contributed by atoms with Crippen LogP contribution in [-0.2, 0) is 9.59 Å². The largest absolute Gasteiger partial charge is 0.497 e. The Morgan fingerprint density at radius 3 is 2.17 bits per heavy atom. The minimum atomic E-state index is -0.190. The van der Waals surface area contributed by atoms with Gasteiger partial charge in [0.1, 0.15) is 5.75 Å². The quantitative estimate of drug-likeness (QED) is 0.486. The summed E-state index contributed by atoms with van der Waals surface area (Å²) in [4.78, 5) is 25.5. The van der Waals surface area contributed by atoms with E-state index in [-0.39, 0.29) is 35.5 Å². The van der Waals surface area contributed by atoms with E-state index in [2.05, 4.69) is 17.3 Å². The molecule has 5 aliphatic rings. The molecule has 6 rings (SSSR count). The topological polar surface area (TPSA) is 59.0 Å². The average molecular weight is 322 g/mol. The van der Waals surface area contributed by atoms with Crippen LogP contribution in [0.3, 0.4) is 0 Å². The monoisotopic (exact) mass is 322 g/mol. The van der Waals surface area contributed by atoms with Gasteiger partial charge in [-0.3, -0.25) is 9.59 Å². The highest BCUT2D eigenvalue weighted by Gasteiger charge is 2.67. The van der Waals surface area contributed by atoms with Gasteiger partial charge in [0.15, 0.2) is 0 Å². The number of hydrogen-bond donors (Lipinski definition) is 0. The van der Waals surface area contributed by atoms with Crippen molar-refractivity contribution in [3.05, 3.63) is 42.0 Å². The van der Waals surface area contributed by atoms with Gasteiger partial charge in [-0.15, -0.1) is 0 Å². The third-order valence-corrected chi connectivity index (χ3v) is 6.08. The second-order valence-electron chi connectivity index (χ2n) is 7.16. The maximum absolute atomic E-state index is 12.8. The van der Waals surface area contributed by atoms with Crippen LogP contribution in [0.5, 0.6) is 5.75 Å². The van der Waals surface area contributed by atoms with Crippen LogP contribution < -0.4 is 4.74 Å². The number of amides is 2. The molecule has 2 bridgehead atoms. The highest BCUT2D eigenvalue weighted by molar-refractivity contribution is 6.06. The molecule has 1 saturated heterocycles. The van der Waals surface area contributed by atoms with E-state index in [0.717, 1.165) is 16.3 Å². The van der Waals surface area contributed by atoms with E-state index in [1.54, 1.807) is 13.3 Å². The minimum Gasteiger partial charge on any atom is -0.497 e. The zero-order chi connectivity index (χ0) is 16.4. The molecule has 0 spiro atoms. The smallest absolute Gasteiger partial charge is 0.254 e. The lowest BCUT2D eigenvalue weighted by atomic mass is 9.63. The highest BCUT2D eigenvalue weighted by atomic mass is 16.5. The van der Waals surface area contributed by atoms with Crippen molar-refractivity contribution < 1.29 is 14.3 Å². The van der Waals surface area contributed by atoms with Crippen molar-refractivity contribution in [1.82, 2.24) is 5.01 Å². The first kappa shape index (κ1) is 14.0. The van der Waals surface area contributed by atoms with Gasteiger partial charge >= 0.3 is 0 Å². The van der Waals surface area contributed by atoms with Gasteiger partial charge in [0, 0.05) is 0 Å². The molecule has 4 aliphatic carbocycles. The molecular weight excluding hydrogens is 304 g/mol. The van der Waals surface area contributed by atoms with Crippen LogP contribution in [0, 0.1) is 35.5 Å². The fraction of sp³-hybridized carbons (Fsp3) is 0.421. The molecular formula is C19H18N2O3. The number of carbonyl (C=O) groups excluding carboxylic acids is 2. The van der Waals surface area contributed by atoms with Gasteiger partial charge in [-0.1, -0.05) is 12.2 Å². The van der Waals surface area contributed by atoms with Crippen LogP contribution in [0.2, 0.25) is 0 Å².